The molecule has 162 valence electrons. The molecule has 5 rings (SSSR count). The third-order valence-corrected chi connectivity index (χ3v) is 5.93. The highest BCUT2D eigenvalue weighted by Crippen LogP contribution is 2.30. The third kappa shape index (κ3) is 3.68. The number of carbonyl (C=O) groups excluding carboxylic acids is 1. The van der Waals surface area contributed by atoms with Crippen LogP contribution in [0.4, 0.5) is 5.69 Å². The number of nitrogens with zero attached hydrogens (tertiary/aromatic N) is 3. The minimum Gasteiger partial charge on any atom is -0.495 e. The normalized spacial score (nSPS) is 14.1. The summed E-state index contributed by atoms with van der Waals surface area (Å²) in [4.78, 5) is 22.5. The molecule has 1 saturated heterocycles. The van der Waals surface area contributed by atoms with Gasteiger partial charge in [-0.3, -0.25) is 4.79 Å². The van der Waals surface area contributed by atoms with Crippen LogP contribution in [0.2, 0.25) is 0 Å². The van der Waals surface area contributed by atoms with Gasteiger partial charge in [-0.05, 0) is 43.3 Å². The number of para-hydroxylation sites is 3. The fraction of sp³-hybridized carbons (Fsp3) is 0.231. The summed E-state index contributed by atoms with van der Waals surface area (Å²) in [5.41, 5.74) is 3.18. The van der Waals surface area contributed by atoms with E-state index in [0.717, 1.165) is 41.2 Å². The molecule has 0 spiro atoms. The number of fused-ring (bicyclic) bond motifs is 1. The maximum absolute atomic E-state index is 13.6. The largest absolute Gasteiger partial charge is 0.495 e. The summed E-state index contributed by atoms with van der Waals surface area (Å²) >= 11 is 0. The van der Waals surface area contributed by atoms with Gasteiger partial charge in [-0.25, -0.2) is 4.98 Å². The van der Waals surface area contributed by atoms with Crippen LogP contribution in [0.1, 0.15) is 16.1 Å². The summed E-state index contributed by atoms with van der Waals surface area (Å²) in [7, 11) is 1.69. The standard InChI is InChI=1S/C26H25N3O3/c1-18-11-12-24(32-18)22-17-20(19-7-3-4-8-21(19)27-22)26(30)29-15-13-28(14-16-29)23-9-5-6-10-25(23)31-2/h3-12,17H,13-16H2,1-2H3. The number of hydrogen-bond donors (Lipinski definition) is 0. The van der Waals surface area contributed by atoms with Crippen LogP contribution in [0.5, 0.6) is 5.75 Å². The van der Waals surface area contributed by atoms with Gasteiger partial charge in [0.1, 0.15) is 17.2 Å². The van der Waals surface area contributed by atoms with Crippen LogP contribution in [-0.4, -0.2) is 49.1 Å². The molecule has 2 aromatic heterocycles. The molecule has 0 atom stereocenters. The van der Waals surface area contributed by atoms with Crippen LogP contribution in [0.25, 0.3) is 22.4 Å². The molecule has 0 radical (unpaired) electrons. The predicted molar refractivity (Wildman–Crippen MR) is 125 cm³/mol. The molecule has 1 aliphatic rings. The minimum atomic E-state index is 0.0211. The molecule has 1 fully saturated rings. The van der Waals surface area contributed by atoms with E-state index >= 15 is 0 Å². The molecule has 0 unspecified atom stereocenters. The van der Waals surface area contributed by atoms with Crippen LogP contribution in [0.15, 0.2) is 71.1 Å². The molecule has 2 aromatic carbocycles. The maximum Gasteiger partial charge on any atom is 0.254 e. The topological polar surface area (TPSA) is 58.8 Å². The van der Waals surface area contributed by atoms with Crippen LogP contribution < -0.4 is 9.64 Å². The lowest BCUT2D eigenvalue weighted by Gasteiger charge is -2.36. The van der Waals surface area contributed by atoms with Gasteiger partial charge >= 0.3 is 0 Å². The summed E-state index contributed by atoms with van der Waals surface area (Å²) in [5, 5.41) is 0.858. The average Bonchev–Trinajstić information content (AvgIpc) is 3.29. The molecule has 6 heteroatoms. The zero-order chi connectivity index (χ0) is 22.1. The van der Waals surface area contributed by atoms with Gasteiger partial charge in [0.05, 0.1) is 23.9 Å². The summed E-state index contributed by atoms with van der Waals surface area (Å²) in [5.74, 6) is 2.36. The number of methoxy groups -OCH3 is 1. The van der Waals surface area contributed by atoms with E-state index in [1.165, 1.54) is 0 Å². The molecule has 0 N–H and O–H groups in total. The lowest BCUT2D eigenvalue weighted by molar-refractivity contribution is 0.0748. The SMILES string of the molecule is COc1ccccc1N1CCN(C(=O)c2cc(-c3ccc(C)o3)nc3ccccc23)CC1. The number of aryl methyl sites for hydroxylation is 1. The monoisotopic (exact) mass is 427 g/mol. The highest BCUT2D eigenvalue weighted by atomic mass is 16.5. The molecule has 0 aliphatic carbocycles. The van der Waals surface area contributed by atoms with Crippen molar-refractivity contribution in [1.82, 2.24) is 9.88 Å². The highest BCUT2D eigenvalue weighted by molar-refractivity contribution is 6.07. The quantitative estimate of drug-likeness (QED) is 0.469. The van der Waals surface area contributed by atoms with E-state index in [0.29, 0.717) is 30.1 Å². The van der Waals surface area contributed by atoms with E-state index in [2.05, 4.69) is 11.0 Å². The van der Waals surface area contributed by atoms with Gasteiger partial charge in [0.2, 0.25) is 0 Å². The van der Waals surface area contributed by atoms with Crippen molar-refractivity contribution in [2.45, 2.75) is 6.92 Å². The highest BCUT2D eigenvalue weighted by Gasteiger charge is 2.25. The van der Waals surface area contributed by atoms with Crippen LogP contribution in [-0.2, 0) is 0 Å². The number of aromatic nitrogens is 1. The summed E-state index contributed by atoms with van der Waals surface area (Å²) < 4.78 is 11.3. The summed E-state index contributed by atoms with van der Waals surface area (Å²) in [6.45, 7) is 4.68. The average molecular weight is 428 g/mol. The van der Waals surface area contributed by atoms with Crippen molar-refractivity contribution in [1.29, 1.82) is 0 Å². The van der Waals surface area contributed by atoms with Crippen LogP contribution in [0.3, 0.4) is 0 Å². The molecule has 1 amide bonds. The first-order chi connectivity index (χ1) is 15.6. The van der Waals surface area contributed by atoms with Crippen molar-refractivity contribution >= 4 is 22.5 Å². The van der Waals surface area contributed by atoms with Crippen molar-refractivity contribution < 1.29 is 13.9 Å². The summed E-state index contributed by atoms with van der Waals surface area (Å²) in [6, 6.07) is 21.4. The fourth-order valence-electron chi connectivity index (χ4n) is 4.26. The second kappa shape index (κ2) is 8.38. The Hall–Kier alpha value is -3.80. The van der Waals surface area contributed by atoms with Crippen LogP contribution >= 0.6 is 0 Å². The Labute approximate surface area is 187 Å². The van der Waals surface area contributed by atoms with Crippen LogP contribution in [0, 0.1) is 6.92 Å². The number of piperazine rings is 1. The Morgan fingerprint density at radius 1 is 0.969 bits per heavy atom. The number of carbonyl (C=O) groups is 1. The van der Waals surface area contributed by atoms with Crippen molar-refractivity contribution in [2.75, 3.05) is 38.2 Å². The van der Waals surface area contributed by atoms with Gasteiger partial charge in [0, 0.05) is 31.6 Å². The van der Waals surface area contributed by atoms with Gasteiger partial charge < -0.3 is 19.0 Å². The fourth-order valence-corrected chi connectivity index (χ4v) is 4.26. The van der Waals surface area contributed by atoms with Crippen molar-refractivity contribution in [3.05, 3.63) is 78.1 Å². The van der Waals surface area contributed by atoms with E-state index in [-0.39, 0.29) is 5.91 Å². The van der Waals surface area contributed by atoms with Crippen molar-refractivity contribution in [2.24, 2.45) is 0 Å². The van der Waals surface area contributed by atoms with Crippen molar-refractivity contribution in [3.8, 4) is 17.2 Å². The number of anilines is 1. The Morgan fingerprint density at radius 2 is 1.72 bits per heavy atom. The van der Waals surface area contributed by atoms with E-state index < -0.39 is 0 Å². The Morgan fingerprint density at radius 3 is 2.47 bits per heavy atom. The molecule has 3 heterocycles. The van der Waals surface area contributed by atoms with Gasteiger partial charge in [-0.2, -0.15) is 0 Å². The molecule has 0 saturated carbocycles. The minimum absolute atomic E-state index is 0.0211. The Bertz CT molecular complexity index is 1270. The smallest absolute Gasteiger partial charge is 0.254 e. The number of ether oxygens (including phenoxy) is 1. The molecule has 1 aliphatic heterocycles. The van der Waals surface area contributed by atoms with Gasteiger partial charge in [0.25, 0.3) is 5.91 Å². The third-order valence-electron chi connectivity index (χ3n) is 5.93. The zero-order valence-electron chi connectivity index (χ0n) is 18.2. The number of rotatable bonds is 4. The molecule has 32 heavy (non-hydrogen) atoms. The molecular weight excluding hydrogens is 402 g/mol. The molecule has 0 bridgehead atoms. The van der Waals surface area contributed by atoms with E-state index in [1.54, 1.807) is 7.11 Å². The van der Waals surface area contributed by atoms with E-state index in [9.17, 15) is 4.79 Å². The predicted octanol–water partition coefficient (Wildman–Crippen LogP) is 4.77. The zero-order valence-corrected chi connectivity index (χ0v) is 18.2. The van der Waals surface area contributed by atoms with Gasteiger partial charge in [-0.15, -0.1) is 0 Å². The first kappa shape index (κ1) is 20.1. The first-order valence-electron chi connectivity index (χ1n) is 10.8. The number of furan rings is 1. The molecule has 4 aromatic rings. The second-order valence-corrected chi connectivity index (χ2v) is 7.93. The van der Waals surface area contributed by atoms with E-state index in [4.69, 9.17) is 14.1 Å². The first-order valence-corrected chi connectivity index (χ1v) is 10.8. The number of pyridine rings is 1. The number of benzene rings is 2. The Kier molecular flexibility index (Phi) is 5.27. The number of amides is 1. The molecule has 6 nitrogen and oxygen atoms in total. The molecular formula is C26H25N3O3. The Balaban J connectivity index is 1.43. The van der Waals surface area contributed by atoms with Gasteiger partial charge in [0.15, 0.2) is 5.76 Å². The summed E-state index contributed by atoms with van der Waals surface area (Å²) in [6.07, 6.45) is 0. The lowest BCUT2D eigenvalue weighted by atomic mass is 10.0. The number of hydrogen-bond acceptors (Lipinski definition) is 5. The second-order valence-electron chi connectivity index (χ2n) is 7.93. The maximum atomic E-state index is 13.6. The van der Waals surface area contributed by atoms with E-state index in [1.807, 2.05) is 72.5 Å². The van der Waals surface area contributed by atoms with Gasteiger partial charge in [-0.1, -0.05) is 30.3 Å². The van der Waals surface area contributed by atoms with Crippen molar-refractivity contribution in [3.63, 3.8) is 0 Å². The lowest BCUT2D eigenvalue weighted by Crippen LogP contribution is -2.49.